The number of rotatable bonds is 7. The monoisotopic (exact) mass is 258 g/mol. The first kappa shape index (κ1) is 13.9. The van der Waals surface area contributed by atoms with Crippen LogP contribution < -0.4 is 5.32 Å². The fraction of sp³-hybridized carbons (Fsp3) is 0.545. The summed E-state index contributed by atoms with van der Waals surface area (Å²) < 4.78 is 28.2. The molecule has 0 saturated carbocycles. The second-order valence-electron chi connectivity index (χ2n) is 3.60. The van der Waals surface area contributed by atoms with E-state index in [0.29, 0.717) is 25.6 Å². The number of ether oxygens (including phenoxy) is 1. The first-order chi connectivity index (χ1) is 8.05. The first-order valence-corrected chi connectivity index (χ1v) is 7.41. The highest BCUT2D eigenvalue weighted by Gasteiger charge is 2.12. The Bertz CT molecular complexity index is 446. The van der Waals surface area contributed by atoms with E-state index in [2.05, 4.69) is 10.3 Å². The SMILES string of the molecule is CCOCCCNc1ncccc1S(C)(=O)=O. The van der Waals surface area contributed by atoms with E-state index in [-0.39, 0.29) is 4.90 Å². The van der Waals surface area contributed by atoms with Gasteiger partial charge in [-0.3, -0.25) is 0 Å². The van der Waals surface area contributed by atoms with E-state index in [1.807, 2.05) is 6.92 Å². The topological polar surface area (TPSA) is 68.3 Å². The summed E-state index contributed by atoms with van der Waals surface area (Å²) in [5, 5.41) is 3.01. The smallest absolute Gasteiger partial charge is 0.179 e. The molecule has 0 aliphatic rings. The van der Waals surface area contributed by atoms with Gasteiger partial charge in [-0.05, 0) is 25.5 Å². The lowest BCUT2D eigenvalue weighted by Gasteiger charge is -2.09. The molecule has 0 amide bonds. The molecule has 0 fully saturated rings. The molecule has 5 nitrogen and oxygen atoms in total. The quantitative estimate of drug-likeness (QED) is 0.747. The van der Waals surface area contributed by atoms with Crippen LogP contribution in [0.5, 0.6) is 0 Å². The number of nitrogens with zero attached hydrogens (tertiary/aromatic N) is 1. The highest BCUT2D eigenvalue weighted by Crippen LogP contribution is 2.17. The third-order valence-corrected chi connectivity index (χ3v) is 3.26. The van der Waals surface area contributed by atoms with Gasteiger partial charge < -0.3 is 10.1 Å². The number of aromatic nitrogens is 1. The Labute approximate surface area is 102 Å². The van der Waals surface area contributed by atoms with Crippen LogP contribution in [0.15, 0.2) is 23.2 Å². The van der Waals surface area contributed by atoms with Crippen molar-refractivity contribution in [1.82, 2.24) is 4.98 Å². The van der Waals surface area contributed by atoms with Crippen molar-refractivity contribution in [3.8, 4) is 0 Å². The molecule has 6 heteroatoms. The van der Waals surface area contributed by atoms with Gasteiger partial charge in [0.2, 0.25) is 0 Å². The number of hydrogen-bond donors (Lipinski definition) is 1. The Morgan fingerprint density at radius 1 is 1.47 bits per heavy atom. The van der Waals surface area contributed by atoms with E-state index < -0.39 is 9.84 Å². The standard InChI is InChI=1S/C11H18N2O3S/c1-3-16-9-5-8-13-11-10(17(2,14)15)6-4-7-12-11/h4,6-7H,3,5,8-9H2,1-2H3,(H,12,13). The van der Waals surface area contributed by atoms with E-state index in [4.69, 9.17) is 4.74 Å². The van der Waals surface area contributed by atoms with E-state index in [1.54, 1.807) is 18.3 Å². The van der Waals surface area contributed by atoms with Gasteiger partial charge in [0.15, 0.2) is 9.84 Å². The van der Waals surface area contributed by atoms with Gasteiger partial charge >= 0.3 is 0 Å². The molecule has 1 aromatic rings. The Balaban J connectivity index is 2.59. The van der Waals surface area contributed by atoms with Crippen LogP contribution in [0, 0.1) is 0 Å². The van der Waals surface area contributed by atoms with Crippen molar-refractivity contribution in [3.05, 3.63) is 18.3 Å². The van der Waals surface area contributed by atoms with E-state index in [0.717, 1.165) is 6.42 Å². The minimum Gasteiger partial charge on any atom is -0.382 e. The molecule has 0 aromatic carbocycles. The summed E-state index contributed by atoms with van der Waals surface area (Å²) >= 11 is 0. The van der Waals surface area contributed by atoms with Gasteiger partial charge in [0.25, 0.3) is 0 Å². The number of pyridine rings is 1. The van der Waals surface area contributed by atoms with Crippen LogP contribution in [0.25, 0.3) is 0 Å². The predicted octanol–water partition coefficient (Wildman–Crippen LogP) is 1.32. The van der Waals surface area contributed by atoms with Gasteiger partial charge in [-0.15, -0.1) is 0 Å². The third-order valence-electron chi connectivity index (χ3n) is 2.13. The largest absolute Gasteiger partial charge is 0.382 e. The lowest BCUT2D eigenvalue weighted by molar-refractivity contribution is 0.147. The van der Waals surface area contributed by atoms with Crippen LogP contribution in [0.3, 0.4) is 0 Å². The van der Waals surface area contributed by atoms with Crippen LogP contribution in [0.2, 0.25) is 0 Å². The molecule has 0 bridgehead atoms. The Hall–Kier alpha value is -1.14. The summed E-state index contributed by atoms with van der Waals surface area (Å²) in [6.45, 7) is 3.93. The summed E-state index contributed by atoms with van der Waals surface area (Å²) in [6, 6.07) is 3.16. The maximum absolute atomic E-state index is 11.5. The zero-order valence-electron chi connectivity index (χ0n) is 10.1. The molecule has 96 valence electrons. The molecule has 1 heterocycles. The van der Waals surface area contributed by atoms with Crippen molar-refractivity contribution in [2.24, 2.45) is 0 Å². The van der Waals surface area contributed by atoms with E-state index >= 15 is 0 Å². The molecule has 0 radical (unpaired) electrons. The maximum atomic E-state index is 11.5. The van der Waals surface area contributed by atoms with Gasteiger partial charge in [0.05, 0.1) is 0 Å². The van der Waals surface area contributed by atoms with Crippen LogP contribution in [-0.4, -0.2) is 39.4 Å². The van der Waals surface area contributed by atoms with Crippen LogP contribution in [0.1, 0.15) is 13.3 Å². The molecule has 1 rings (SSSR count). The molecule has 0 atom stereocenters. The molecule has 0 spiro atoms. The Morgan fingerprint density at radius 2 is 2.24 bits per heavy atom. The summed E-state index contributed by atoms with van der Waals surface area (Å²) in [7, 11) is -3.24. The van der Waals surface area contributed by atoms with Gasteiger partial charge in [-0.1, -0.05) is 0 Å². The van der Waals surface area contributed by atoms with Crippen molar-refractivity contribution in [1.29, 1.82) is 0 Å². The molecule has 0 saturated heterocycles. The zero-order chi connectivity index (χ0) is 12.7. The second-order valence-corrected chi connectivity index (χ2v) is 5.58. The molecule has 0 aliphatic heterocycles. The summed E-state index contributed by atoms with van der Waals surface area (Å²) in [5.41, 5.74) is 0. The van der Waals surface area contributed by atoms with Crippen molar-refractivity contribution in [2.75, 3.05) is 31.3 Å². The van der Waals surface area contributed by atoms with Crippen molar-refractivity contribution in [2.45, 2.75) is 18.2 Å². The molecule has 1 N–H and O–H groups in total. The number of sulfone groups is 1. The third kappa shape index (κ3) is 4.70. The molecule has 1 aromatic heterocycles. The van der Waals surface area contributed by atoms with Gasteiger partial charge in [-0.2, -0.15) is 0 Å². The average molecular weight is 258 g/mol. The highest BCUT2D eigenvalue weighted by atomic mass is 32.2. The van der Waals surface area contributed by atoms with Gasteiger partial charge in [-0.25, -0.2) is 13.4 Å². The maximum Gasteiger partial charge on any atom is 0.179 e. The predicted molar refractivity (Wildman–Crippen MR) is 66.9 cm³/mol. The van der Waals surface area contributed by atoms with E-state index in [9.17, 15) is 8.42 Å². The fourth-order valence-electron chi connectivity index (χ4n) is 1.35. The zero-order valence-corrected chi connectivity index (χ0v) is 11.0. The molecule has 0 aliphatic carbocycles. The molecule has 0 unspecified atom stereocenters. The van der Waals surface area contributed by atoms with Crippen LogP contribution >= 0.6 is 0 Å². The lowest BCUT2D eigenvalue weighted by atomic mass is 10.4. The van der Waals surface area contributed by atoms with Gasteiger partial charge in [0.1, 0.15) is 10.7 Å². The second kappa shape index (κ2) is 6.56. The van der Waals surface area contributed by atoms with Crippen molar-refractivity contribution < 1.29 is 13.2 Å². The molecule has 17 heavy (non-hydrogen) atoms. The van der Waals surface area contributed by atoms with Crippen LogP contribution in [-0.2, 0) is 14.6 Å². The lowest BCUT2D eigenvalue weighted by Crippen LogP contribution is -2.10. The summed E-state index contributed by atoms with van der Waals surface area (Å²) in [6.07, 6.45) is 3.56. The Morgan fingerprint density at radius 3 is 2.88 bits per heavy atom. The normalized spacial score (nSPS) is 11.4. The minimum atomic E-state index is -3.24. The highest BCUT2D eigenvalue weighted by molar-refractivity contribution is 7.90. The summed E-state index contributed by atoms with van der Waals surface area (Å²) in [5.74, 6) is 0.409. The average Bonchev–Trinajstić information content (AvgIpc) is 2.28. The Kier molecular flexibility index (Phi) is 5.37. The first-order valence-electron chi connectivity index (χ1n) is 5.52. The molecular weight excluding hydrogens is 240 g/mol. The van der Waals surface area contributed by atoms with Crippen molar-refractivity contribution in [3.63, 3.8) is 0 Å². The minimum absolute atomic E-state index is 0.233. The molecular formula is C11H18N2O3S. The summed E-state index contributed by atoms with van der Waals surface area (Å²) in [4.78, 5) is 4.26. The van der Waals surface area contributed by atoms with Crippen LogP contribution in [0.4, 0.5) is 5.82 Å². The number of nitrogens with one attached hydrogen (secondary N) is 1. The fourth-order valence-corrected chi connectivity index (χ4v) is 2.15. The number of anilines is 1. The van der Waals surface area contributed by atoms with E-state index in [1.165, 1.54) is 6.26 Å². The van der Waals surface area contributed by atoms with Gasteiger partial charge in [0, 0.05) is 32.2 Å². The van der Waals surface area contributed by atoms with Crippen molar-refractivity contribution >= 4 is 15.7 Å². The number of hydrogen-bond acceptors (Lipinski definition) is 5.